The summed E-state index contributed by atoms with van der Waals surface area (Å²) >= 11 is 0. The smallest absolute Gasteiger partial charge is 0.478 e. The standard InChI is InChI=1S/C6H6O2.H4O7P2/c7-5-1-2-6(8)4-3-5;1-8(2,3)7-9(4,5)6/h1-4,7-8H;(H2,1,2,3)(H2,4,5,6). The fourth-order valence-corrected chi connectivity index (χ4v) is 1.70. The molecule has 1 aromatic carbocycles. The Morgan fingerprint density at radius 1 is 0.765 bits per heavy atom. The predicted octanol–water partition coefficient (Wildman–Crippen LogP) is 0.286. The number of phenols is 2. The van der Waals surface area contributed by atoms with Gasteiger partial charge in [-0.25, -0.2) is 9.13 Å². The van der Waals surface area contributed by atoms with E-state index >= 15 is 0 Å². The van der Waals surface area contributed by atoms with E-state index < -0.39 is 15.6 Å². The van der Waals surface area contributed by atoms with Gasteiger partial charge in [0.2, 0.25) is 0 Å². The normalized spacial score (nSPS) is 11.5. The van der Waals surface area contributed by atoms with Crippen molar-refractivity contribution in [3.8, 4) is 11.5 Å². The van der Waals surface area contributed by atoms with E-state index in [9.17, 15) is 9.13 Å². The first-order valence-corrected chi connectivity index (χ1v) is 6.86. The molecule has 0 radical (unpaired) electrons. The van der Waals surface area contributed by atoms with Gasteiger partial charge in [-0.1, -0.05) is 0 Å². The summed E-state index contributed by atoms with van der Waals surface area (Å²) in [6, 6.07) is 5.70. The molecule has 9 nitrogen and oxygen atoms in total. The molecule has 0 bridgehead atoms. The Bertz CT molecular complexity index is 388. The maximum absolute atomic E-state index is 9.63. The summed E-state index contributed by atoms with van der Waals surface area (Å²) in [4.78, 5) is 31.0. The van der Waals surface area contributed by atoms with Crippen LogP contribution in [0.4, 0.5) is 0 Å². The largest absolute Gasteiger partial charge is 0.508 e. The van der Waals surface area contributed by atoms with E-state index in [1.54, 1.807) is 0 Å². The fourth-order valence-electron chi connectivity index (χ4n) is 0.591. The Morgan fingerprint density at radius 3 is 1.12 bits per heavy atom. The quantitative estimate of drug-likeness (QED) is 0.331. The maximum atomic E-state index is 9.63. The van der Waals surface area contributed by atoms with Crippen LogP contribution in [-0.4, -0.2) is 29.8 Å². The van der Waals surface area contributed by atoms with Gasteiger partial charge in [-0.15, -0.1) is 0 Å². The van der Waals surface area contributed by atoms with Gasteiger partial charge in [0.25, 0.3) is 0 Å². The zero-order valence-corrected chi connectivity index (χ0v) is 9.90. The molecule has 0 aliphatic heterocycles. The first-order valence-electron chi connectivity index (χ1n) is 3.80. The number of hydrogen-bond acceptors (Lipinski definition) is 5. The Kier molecular flexibility index (Phi) is 5.80. The van der Waals surface area contributed by atoms with Crippen molar-refractivity contribution in [3.63, 3.8) is 0 Å². The molecule has 0 amide bonds. The molecule has 6 N–H and O–H groups in total. The van der Waals surface area contributed by atoms with Gasteiger partial charge in [-0.3, -0.25) is 0 Å². The van der Waals surface area contributed by atoms with Gasteiger partial charge >= 0.3 is 15.6 Å². The van der Waals surface area contributed by atoms with E-state index in [1.807, 2.05) is 0 Å². The third-order valence-corrected chi connectivity index (χ3v) is 2.76. The predicted molar refractivity (Wildman–Crippen MR) is 54.9 cm³/mol. The third kappa shape index (κ3) is 11.3. The average Bonchev–Trinajstić information content (AvgIpc) is 2.04. The topological polar surface area (TPSA) is 165 Å². The molecule has 0 saturated carbocycles. The minimum absolute atomic E-state index is 0.169. The summed E-state index contributed by atoms with van der Waals surface area (Å²) in [6.07, 6.45) is 0. The number of aromatic hydroxyl groups is 2. The molecule has 98 valence electrons. The van der Waals surface area contributed by atoms with Crippen molar-refractivity contribution in [2.75, 3.05) is 0 Å². The lowest BCUT2D eigenvalue weighted by Gasteiger charge is -2.03. The van der Waals surface area contributed by atoms with Crippen LogP contribution in [0.2, 0.25) is 0 Å². The molecule has 0 saturated heterocycles. The second kappa shape index (κ2) is 6.13. The Hall–Kier alpha value is -0.920. The van der Waals surface area contributed by atoms with Crippen LogP contribution in [-0.2, 0) is 13.4 Å². The number of benzene rings is 1. The molecule has 0 aliphatic rings. The molecule has 0 atom stereocenters. The Labute approximate surface area is 95.4 Å². The van der Waals surface area contributed by atoms with Crippen molar-refractivity contribution in [2.24, 2.45) is 0 Å². The summed E-state index contributed by atoms with van der Waals surface area (Å²) in [6.45, 7) is 0. The zero-order valence-electron chi connectivity index (χ0n) is 8.11. The third-order valence-electron chi connectivity index (χ3n) is 1.06. The molecule has 0 unspecified atom stereocenters. The monoisotopic (exact) mass is 288 g/mol. The molecule has 0 aromatic heterocycles. The van der Waals surface area contributed by atoms with Crippen LogP contribution in [0.3, 0.4) is 0 Å². The Morgan fingerprint density at radius 2 is 1.00 bits per heavy atom. The van der Waals surface area contributed by atoms with Gasteiger partial charge in [0.1, 0.15) is 11.5 Å². The van der Waals surface area contributed by atoms with Crippen molar-refractivity contribution >= 4 is 15.6 Å². The minimum atomic E-state index is -5.05. The summed E-state index contributed by atoms with van der Waals surface area (Å²) in [5.74, 6) is 0.339. The van der Waals surface area contributed by atoms with Gasteiger partial charge < -0.3 is 29.8 Å². The first-order chi connectivity index (χ1) is 7.49. The van der Waals surface area contributed by atoms with E-state index in [-0.39, 0.29) is 11.5 Å². The number of hydrogen-bond donors (Lipinski definition) is 6. The van der Waals surface area contributed by atoms with Crippen LogP contribution in [0, 0.1) is 0 Å². The van der Waals surface area contributed by atoms with E-state index in [2.05, 4.69) is 4.31 Å². The second-order valence-corrected chi connectivity index (χ2v) is 5.19. The maximum Gasteiger partial charge on any atom is 0.478 e. The summed E-state index contributed by atoms with van der Waals surface area (Å²) < 4.78 is 22.2. The van der Waals surface area contributed by atoms with E-state index in [0.717, 1.165) is 0 Å². The van der Waals surface area contributed by atoms with Crippen LogP contribution < -0.4 is 0 Å². The van der Waals surface area contributed by atoms with Crippen molar-refractivity contribution < 1.29 is 43.2 Å². The number of phosphoric acid groups is 2. The molecule has 11 heteroatoms. The van der Waals surface area contributed by atoms with Gasteiger partial charge in [-0.2, -0.15) is 4.31 Å². The minimum Gasteiger partial charge on any atom is -0.508 e. The Balaban J connectivity index is 0.000000302. The SMILES string of the molecule is O=P(O)(O)OP(=O)(O)O.Oc1ccc(O)cc1. The molecular weight excluding hydrogens is 278 g/mol. The van der Waals surface area contributed by atoms with Gasteiger partial charge in [0.15, 0.2) is 0 Å². The molecule has 0 fully saturated rings. The van der Waals surface area contributed by atoms with Crippen molar-refractivity contribution in [1.29, 1.82) is 0 Å². The second-order valence-electron chi connectivity index (χ2n) is 2.58. The molecule has 0 aliphatic carbocycles. The molecule has 0 heterocycles. The lowest BCUT2D eigenvalue weighted by molar-refractivity contribution is 0.225. The fraction of sp³-hybridized carbons (Fsp3) is 0. The van der Waals surface area contributed by atoms with Crippen molar-refractivity contribution in [1.82, 2.24) is 0 Å². The van der Waals surface area contributed by atoms with E-state index in [4.69, 9.17) is 29.8 Å². The van der Waals surface area contributed by atoms with E-state index in [0.29, 0.717) is 0 Å². The highest BCUT2D eigenvalue weighted by Gasteiger charge is 2.27. The van der Waals surface area contributed by atoms with Crippen molar-refractivity contribution in [3.05, 3.63) is 24.3 Å². The summed E-state index contributed by atoms with van der Waals surface area (Å²) in [5.41, 5.74) is 0. The van der Waals surface area contributed by atoms with Gasteiger partial charge in [0, 0.05) is 0 Å². The summed E-state index contributed by atoms with van der Waals surface area (Å²) in [7, 11) is -10.1. The highest BCUT2D eigenvalue weighted by atomic mass is 31.3. The number of rotatable bonds is 2. The highest BCUT2D eigenvalue weighted by molar-refractivity contribution is 7.60. The molecule has 0 spiro atoms. The lowest BCUT2D eigenvalue weighted by Crippen LogP contribution is -1.84. The summed E-state index contributed by atoms with van der Waals surface area (Å²) in [5, 5.41) is 17.3. The zero-order chi connectivity index (χ0) is 13.7. The van der Waals surface area contributed by atoms with Crippen LogP contribution in [0.25, 0.3) is 0 Å². The first kappa shape index (κ1) is 16.1. The van der Waals surface area contributed by atoms with E-state index in [1.165, 1.54) is 24.3 Å². The van der Waals surface area contributed by atoms with Gasteiger partial charge in [0.05, 0.1) is 0 Å². The van der Waals surface area contributed by atoms with Gasteiger partial charge in [-0.05, 0) is 24.3 Å². The van der Waals surface area contributed by atoms with Crippen LogP contribution in [0.1, 0.15) is 0 Å². The van der Waals surface area contributed by atoms with Crippen molar-refractivity contribution in [2.45, 2.75) is 0 Å². The number of phenolic OH excluding ortho intramolecular Hbond substituents is 2. The van der Waals surface area contributed by atoms with Crippen LogP contribution in [0.5, 0.6) is 11.5 Å². The highest BCUT2D eigenvalue weighted by Crippen LogP contribution is 2.53. The molecular formula is C6H10O9P2. The average molecular weight is 288 g/mol. The molecule has 1 aromatic rings. The molecule has 1 rings (SSSR count). The van der Waals surface area contributed by atoms with Crippen LogP contribution in [0.15, 0.2) is 24.3 Å². The lowest BCUT2D eigenvalue weighted by atomic mass is 10.3. The van der Waals surface area contributed by atoms with Crippen LogP contribution >= 0.6 is 15.6 Å². The molecule has 17 heavy (non-hydrogen) atoms.